The van der Waals surface area contributed by atoms with Crippen molar-refractivity contribution in [3.63, 3.8) is 0 Å². The summed E-state index contributed by atoms with van der Waals surface area (Å²) < 4.78 is 5.14. The van der Waals surface area contributed by atoms with Gasteiger partial charge in [-0.05, 0) is 47.5 Å². The molecule has 0 spiro atoms. The maximum Gasteiger partial charge on any atom is 0.262 e. The van der Waals surface area contributed by atoms with E-state index in [-0.39, 0.29) is 24.3 Å². The van der Waals surface area contributed by atoms with Crippen molar-refractivity contribution < 1.29 is 14.3 Å². The van der Waals surface area contributed by atoms with Gasteiger partial charge in [-0.3, -0.25) is 9.59 Å². The number of halogens is 1. The molecule has 0 saturated carbocycles. The lowest BCUT2D eigenvalue weighted by Gasteiger charge is -2.23. The lowest BCUT2D eigenvalue weighted by atomic mass is 9.99. The third-order valence-electron chi connectivity index (χ3n) is 5.94. The molecule has 5 rings (SSSR count). The molecule has 0 fully saturated rings. The van der Waals surface area contributed by atoms with Crippen LogP contribution in [-0.2, 0) is 9.59 Å². The number of carbonyl (C=O) groups excluding carboxylic acids is 2. The highest BCUT2D eigenvalue weighted by Crippen LogP contribution is 2.38. The number of hydrogen-bond acceptors (Lipinski definition) is 6. The van der Waals surface area contributed by atoms with Gasteiger partial charge in [-0.25, -0.2) is 5.01 Å². The van der Waals surface area contributed by atoms with Crippen molar-refractivity contribution in [3.05, 3.63) is 95.0 Å². The predicted molar refractivity (Wildman–Crippen MR) is 144 cm³/mol. The van der Waals surface area contributed by atoms with Crippen molar-refractivity contribution in [1.82, 2.24) is 5.01 Å². The number of benzene rings is 3. The molecule has 36 heavy (non-hydrogen) atoms. The third kappa shape index (κ3) is 5.29. The number of carbonyl (C=O) groups is 2. The summed E-state index contributed by atoms with van der Waals surface area (Å²) in [6.45, 7) is 0. The first kappa shape index (κ1) is 24.1. The fourth-order valence-electron chi connectivity index (χ4n) is 4.10. The van der Waals surface area contributed by atoms with Gasteiger partial charge in [0, 0.05) is 23.6 Å². The zero-order valence-electron chi connectivity index (χ0n) is 19.4. The Bertz CT molecular complexity index is 1330. The molecule has 2 aliphatic rings. The first-order valence-corrected chi connectivity index (χ1v) is 12.7. The van der Waals surface area contributed by atoms with Crippen molar-refractivity contribution in [2.24, 2.45) is 10.1 Å². The van der Waals surface area contributed by atoms with Gasteiger partial charge in [0.2, 0.25) is 5.91 Å². The van der Waals surface area contributed by atoms with Crippen molar-refractivity contribution in [2.45, 2.75) is 24.1 Å². The summed E-state index contributed by atoms with van der Waals surface area (Å²) in [5, 5.41) is 10.0. The van der Waals surface area contributed by atoms with E-state index in [4.69, 9.17) is 21.4 Å². The van der Waals surface area contributed by atoms with Crippen LogP contribution >= 0.6 is 23.4 Å². The summed E-state index contributed by atoms with van der Waals surface area (Å²) in [5.74, 6) is 0.105. The van der Waals surface area contributed by atoms with Gasteiger partial charge in [0.05, 0.1) is 18.9 Å². The van der Waals surface area contributed by atoms with E-state index in [1.807, 2.05) is 54.6 Å². The maximum absolute atomic E-state index is 12.8. The highest BCUT2D eigenvalue weighted by Gasteiger charge is 2.39. The summed E-state index contributed by atoms with van der Waals surface area (Å²) >= 11 is 7.38. The second-order valence-electron chi connectivity index (χ2n) is 8.35. The quantitative estimate of drug-likeness (QED) is 0.464. The third-order valence-corrected chi connectivity index (χ3v) is 7.34. The molecule has 7 nitrogen and oxygen atoms in total. The normalized spacial score (nSPS) is 19.2. The van der Waals surface area contributed by atoms with Crippen LogP contribution in [0.4, 0.5) is 5.69 Å². The number of amides is 2. The Hall–Kier alpha value is -3.62. The Kier molecular flexibility index (Phi) is 7.06. The SMILES string of the molecule is COc1ccc(NC(=O)C[C@@H]2SC(N3N=C(c4ccccc4)C[C@H]3c3ccc(Cl)cc3)=NC2=O)cc1. The minimum atomic E-state index is -0.611. The van der Waals surface area contributed by atoms with Gasteiger partial charge in [0.25, 0.3) is 5.91 Å². The Morgan fingerprint density at radius 3 is 2.50 bits per heavy atom. The molecule has 1 N–H and O–H groups in total. The van der Waals surface area contributed by atoms with E-state index in [9.17, 15) is 9.59 Å². The molecule has 2 heterocycles. The molecule has 9 heteroatoms. The van der Waals surface area contributed by atoms with Gasteiger partial charge in [-0.1, -0.05) is 65.8 Å². The number of nitrogens with one attached hydrogen (secondary N) is 1. The number of rotatable bonds is 6. The molecule has 3 aromatic rings. The van der Waals surface area contributed by atoms with Gasteiger partial charge in [0.1, 0.15) is 11.0 Å². The Balaban J connectivity index is 1.32. The van der Waals surface area contributed by atoms with Crippen LogP contribution in [0.5, 0.6) is 5.75 Å². The number of amidine groups is 1. The minimum Gasteiger partial charge on any atom is -0.497 e. The predicted octanol–water partition coefficient (Wildman–Crippen LogP) is 5.53. The number of nitrogens with zero attached hydrogens (tertiary/aromatic N) is 3. The van der Waals surface area contributed by atoms with Crippen LogP contribution in [0.1, 0.15) is 30.0 Å². The summed E-state index contributed by atoms with van der Waals surface area (Å²) in [6, 6.07) is 24.5. The van der Waals surface area contributed by atoms with Gasteiger partial charge >= 0.3 is 0 Å². The van der Waals surface area contributed by atoms with Crippen LogP contribution in [0.2, 0.25) is 5.02 Å². The number of hydrazone groups is 1. The minimum absolute atomic E-state index is 0.0111. The van der Waals surface area contributed by atoms with Gasteiger partial charge in [-0.15, -0.1) is 0 Å². The number of ether oxygens (including phenoxy) is 1. The fourth-order valence-corrected chi connectivity index (χ4v) is 5.28. The molecule has 0 saturated heterocycles. The van der Waals surface area contributed by atoms with Crippen molar-refractivity contribution in [3.8, 4) is 5.75 Å². The average molecular weight is 519 g/mol. The van der Waals surface area contributed by atoms with Crippen LogP contribution < -0.4 is 10.1 Å². The second kappa shape index (κ2) is 10.6. The molecular formula is C27H23ClN4O3S. The zero-order chi connectivity index (χ0) is 25.1. The average Bonchev–Trinajstić information content (AvgIpc) is 3.49. The summed E-state index contributed by atoms with van der Waals surface area (Å²) in [5.41, 5.74) is 3.58. The Labute approximate surface area is 218 Å². The second-order valence-corrected chi connectivity index (χ2v) is 9.95. The van der Waals surface area contributed by atoms with E-state index in [1.165, 1.54) is 11.8 Å². The summed E-state index contributed by atoms with van der Waals surface area (Å²) in [7, 11) is 1.58. The largest absolute Gasteiger partial charge is 0.497 e. The summed E-state index contributed by atoms with van der Waals surface area (Å²) in [4.78, 5) is 29.7. The number of methoxy groups -OCH3 is 1. The fraction of sp³-hybridized carbons (Fsp3) is 0.185. The van der Waals surface area contributed by atoms with Gasteiger partial charge < -0.3 is 10.1 Å². The van der Waals surface area contributed by atoms with Crippen LogP contribution in [-0.4, -0.2) is 40.1 Å². The van der Waals surface area contributed by atoms with E-state index >= 15 is 0 Å². The summed E-state index contributed by atoms with van der Waals surface area (Å²) in [6.07, 6.45) is 0.666. The van der Waals surface area contributed by atoms with E-state index in [0.717, 1.165) is 16.8 Å². The standard InChI is InChI=1S/C27H23ClN4O3S/c1-35-21-13-11-20(12-14-21)29-25(33)16-24-26(34)30-27(36-24)32-23(18-7-9-19(28)10-8-18)15-22(31-32)17-5-3-2-4-6-17/h2-14,23-24H,15-16H2,1H3,(H,29,33)/t23-,24-/m0/s1. The van der Waals surface area contributed by atoms with Crippen molar-refractivity contribution in [1.29, 1.82) is 0 Å². The lowest BCUT2D eigenvalue weighted by Crippen LogP contribution is -2.25. The molecule has 0 unspecified atom stereocenters. The zero-order valence-corrected chi connectivity index (χ0v) is 21.0. The number of anilines is 1. The van der Waals surface area contributed by atoms with Crippen LogP contribution in [0.15, 0.2) is 89.0 Å². The number of thioether (sulfide) groups is 1. The maximum atomic E-state index is 12.8. The highest BCUT2D eigenvalue weighted by molar-refractivity contribution is 8.15. The first-order chi connectivity index (χ1) is 17.5. The van der Waals surface area contributed by atoms with E-state index < -0.39 is 5.25 Å². The molecule has 3 aromatic carbocycles. The van der Waals surface area contributed by atoms with Crippen molar-refractivity contribution in [2.75, 3.05) is 12.4 Å². The molecular weight excluding hydrogens is 496 g/mol. The number of hydrogen-bond donors (Lipinski definition) is 1. The smallest absolute Gasteiger partial charge is 0.262 e. The van der Waals surface area contributed by atoms with Crippen LogP contribution in [0, 0.1) is 0 Å². The van der Waals surface area contributed by atoms with Crippen LogP contribution in [0.3, 0.4) is 0 Å². The van der Waals surface area contributed by atoms with E-state index in [2.05, 4.69) is 10.3 Å². The number of aliphatic imine (C=N–C) groups is 1. The molecule has 0 bridgehead atoms. The monoisotopic (exact) mass is 518 g/mol. The molecule has 0 aromatic heterocycles. The molecule has 2 amide bonds. The molecule has 0 aliphatic carbocycles. The topological polar surface area (TPSA) is 83.4 Å². The molecule has 2 atom stereocenters. The van der Waals surface area contributed by atoms with Crippen LogP contribution in [0.25, 0.3) is 0 Å². The Morgan fingerprint density at radius 1 is 1.08 bits per heavy atom. The molecule has 2 aliphatic heterocycles. The Morgan fingerprint density at radius 2 is 1.81 bits per heavy atom. The van der Waals surface area contributed by atoms with Crippen molar-refractivity contribution >= 4 is 51.7 Å². The van der Waals surface area contributed by atoms with E-state index in [1.54, 1.807) is 36.4 Å². The highest BCUT2D eigenvalue weighted by atomic mass is 35.5. The first-order valence-electron chi connectivity index (χ1n) is 11.4. The molecule has 0 radical (unpaired) electrons. The lowest BCUT2D eigenvalue weighted by molar-refractivity contribution is -0.121. The van der Waals surface area contributed by atoms with E-state index in [0.29, 0.717) is 28.0 Å². The van der Waals surface area contributed by atoms with Gasteiger partial charge in [-0.2, -0.15) is 10.1 Å². The molecule has 182 valence electrons. The van der Waals surface area contributed by atoms with Gasteiger partial charge in [0.15, 0.2) is 5.17 Å².